The van der Waals surface area contributed by atoms with Crippen molar-refractivity contribution in [3.63, 3.8) is 0 Å². The van der Waals surface area contributed by atoms with Gasteiger partial charge in [0.25, 0.3) is 5.91 Å². The number of nitrogens with zero attached hydrogens (tertiary/aromatic N) is 2. The largest absolute Gasteiger partial charge is 0.333 e. The highest BCUT2D eigenvalue weighted by atomic mass is 35.5. The summed E-state index contributed by atoms with van der Waals surface area (Å²) in [5, 5.41) is 0.416. The third-order valence-electron chi connectivity index (χ3n) is 2.71. The van der Waals surface area contributed by atoms with Gasteiger partial charge in [-0.05, 0) is 38.8 Å². The van der Waals surface area contributed by atoms with Gasteiger partial charge in [0.2, 0.25) is 0 Å². The molecule has 0 atom stereocenters. The van der Waals surface area contributed by atoms with Crippen molar-refractivity contribution in [1.82, 2.24) is 9.88 Å². The molecule has 2 rings (SSSR count). The van der Waals surface area contributed by atoms with Crippen LogP contribution < -0.4 is 0 Å². The molecule has 0 bridgehead atoms. The summed E-state index contributed by atoms with van der Waals surface area (Å²) in [6.07, 6.45) is 3.78. The fourth-order valence-electron chi connectivity index (χ4n) is 1.83. The number of rotatable bonds is 3. The Kier molecular flexibility index (Phi) is 3.15. The second-order valence-electron chi connectivity index (χ2n) is 4.41. The van der Waals surface area contributed by atoms with Crippen molar-refractivity contribution >= 4 is 17.5 Å². The Hall–Kier alpha value is -1.09. The van der Waals surface area contributed by atoms with E-state index in [0.29, 0.717) is 16.8 Å². The Balaban J connectivity index is 2.19. The number of amides is 1. The van der Waals surface area contributed by atoms with Crippen molar-refractivity contribution in [2.75, 3.05) is 0 Å². The molecule has 0 aromatic carbocycles. The number of carbonyl (C=O) groups is 1. The summed E-state index contributed by atoms with van der Waals surface area (Å²) in [6.45, 7) is 4.08. The Labute approximate surface area is 100 Å². The van der Waals surface area contributed by atoms with Gasteiger partial charge in [-0.2, -0.15) is 0 Å². The SMILES string of the molecule is CC(C)N(C(=O)c1ccc(Cl)nc1)C1CC1. The number of hydrogen-bond donors (Lipinski definition) is 0. The number of carbonyl (C=O) groups excluding carboxylic acids is 1. The first-order valence-corrected chi connectivity index (χ1v) is 5.91. The molecule has 0 saturated heterocycles. The van der Waals surface area contributed by atoms with E-state index in [1.165, 1.54) is 0 Å². The summed E-state index contributed by atoms with van der Waals surface area (Å²) in [7, 11) is 0. The highest BCUT2D eigenvalue weighted by Gasteiger charge is 2.34. The number of pyridine rings is 1. The van der Waals surface area contributed by atoms with Gasteiger partial charge in [-0.15, -0.1) is 0 Å². The molecule has 0 radical (unpaired) electrons. The van der Waals surface area contributed by atoms with Crippen molar-refractivity contribution in [3.8, 4) is 0 Å². The average molecular weight is 239 g/mol. The van der Waals surface area contributed by atoms with E-state index in [4.69, 9.17) is 11.6 Å². The maximum absolute atomic E-state index is 12.2. The fourth-order valence-corrected chi connectivity index (χ4v) is 1.94. The topological polar surface area (TPSA) is 33.2 Å². The Bertz CT molecular complexity index is 383. The summed E-state index contributed by atoms with van der Waals surface area (Å²) in [5.74, 6) is 0.0571. The van der Waals surface area contributed by atoms with Crippen molar-refractivity contribution in [2.45, 2.75) is 38.8 Å². The molecular formula is C12H15ClN2O. The summed E-state index contributed by atoms with van der Waals surface area (Å²) in [5.41, 5.74) is 0.616. The first-order chi connectivity index (χ1) is 7.59. The fraction of sp³-hybridized carbons (Fsp3) is 0.500. The Morgan fingerprint density at radius 1 is 1.50 bits per heavy atom. The maximum atomic E-state index is 12.2. The molecule has 86 valence electrons. The van der Waals surface area contributed by atoms with Gasteiger partial charge >= 0.3 is 0 Å². The lowest BCUT2D eigenvalue weighted by Crippen LogP contribution is -2.38. The molecule has 1 aromatic heterocycles. The molecule has 1 aromatic rings. The van der Waals surface area contributed by atoms with Gasteiger partial charge in [-0.25, -0.2) is 4.98 Å². The minimum atomic E-state index is 0.0571. The van der Waals surface area contributed by atoms with Gasteiger partial charge in [0.05, 0.1) is 5.56 Å². The van der Waals surface area contributed by atoms with Crippen LogP contribution in [-0.2, 0) is 0 Å². The smallest absolute Gasteiger partial charge is 0.255 e. The summed E-state index contributed by atoms with van der Waals surface area (Å²) in [4.78, 5) is 18.1. The third kappa shape index (κ3) is 2.35. The molecule has 1 amide bonds. The molecule has 16 heavy (non-hydrogen) atoms. The third-order valence-corrected chi connectivity index (χ3v) is 2.93. The van der Waals surface area contributed by atoms with Gasteiger partial charge in [0, 0.05) is 18.3 Å². The predicted octanol–water partition coefficient (Wildman–Crippen LogP) is 2.75. The van der Waals surface area contributed by atoms with Crippen LogP contribution >= 0.6 is 11.6 Å². The first-order valence-electron chi connectivity index (χ1n) is 5.54. The zero-order valence-corrected chi connectivity index (χ0v) is 10.2. The number of aromatic nitrogens is 1. The van der Waals surface area contributed by atoms with E-state index < -0.39 is 0 Å². The molecule has 4 heteroatoms. The Morgan fingerprint density at radius 2 is 2.19 bits per heavy atom. The molecule has 0 unspecified atom stereocenters. The lowest BCUT2D eigenvalue weighted by molar-refractivity contribution is 0.0690. The van der Waals surface area contributed by atoms with Gasteiger partial charge in [0.15, 0.2) is 0 Å². The number of hydrogen-bond acceptors (Lipinski definition) is 2. The predicted molar refractivity (Wildman–Crippen MR) is 63.6 cm³/mol. The van der Waals surface area contributed by atoms with Gasteiger partial charge in [0.1, 0.15) is 5.15 Å². The normalized spacial score (nSPS) is 15.2. The monoisotopic (exact) mass is 238 g/mol. The molecule has 1 aliphatic rings. The van der Waals surface area contributed by atoms with Crippen LogP contribution in [0.1, 0.15) is 37.0 Å². The lowest BCUT2D eigenvalue weighted by Gasteiger charge is -2.26. The second kappa shape index (κ2) is 4.42. The average Bonchev–Trinajstić information content (AvgIpc) is 3.02. The number of halogens is 1. The van der Waals surface area contributed by atoms with E-state index in [0.717, 1.165) is 12.8 Å². The van der Waals surface area contributed by atoms with Gasteiger partial charge in [-0.3, -0.25) is 4.79 Å². The molecule has 0 spiro atoms. The van der Waals surface area contributed by atoms with Crippen LogP contribution in [0.3, 0.4) is 0 Å². The summed E-state index contributed by atoms with van der Waals surface area (Å²) < 4.78 is 0. The standard InChI is InChI=1S/C12H15ClN2O/c1-8(2)15(10-4-5-10)12(16)9-3-6-11(13)14-7-9/h3,6-8,10H,4-5H2,1-2H3. The van der Waals surface area contributed by atoms with Crippen molar-refractivity contribution < 1.29 is 4.79 Å². The lowest BCUT2D eigenvalue weighted by atomic mass is 10.2. The van der Waals surface area contributed by atoms with Crippen LogP contribution in [0.4, 0.5) is 0 Å². The van der Waals surface area contributed by atoms with Gasteiger partial charge in [-0.1, -0.05) is 11.6 Å². The molecule has 1 saturated carbocycles. The molecule has 3 nitrogen and oxygen atoms in total. The van der Waals surface area contributed by atoms with Gasteiger partial charge < -0.3 is 4.90 Å². The molecular weight excluding hydrogens is 224 g/mol. The summed E-state index contributed by atoms with van der Waals surface area (Å²) >= 11 is 5.70. The highest BCUT2D eigenvalue weighted by molar-refractivity contribution is 6.29. The first kappa shape index (κ1) is 11.4. The van der Waals surface area contributed by atoms with Crippen LogP contribution in [0.5, 0.6) is 0 Å². The quantitative estimate of drug-likeness (QED) is 0.759. The minimum absolute atomic E-state index is 0.0571. The van der Waals surface area contributed by atoms with E-state index in [-0.39, 0.29) is 11.9 Å². The molecule has 1 aliphatic carbocycles. The van der Waals surface area contributed by atoms with Crippen LogP contribution in [0.2, 0.25) is 5.15 Å². The molecule has 0 aliphatic heterocycles. The zero-order chi connectivity index (χ0) is 11.7. The minimum Gasteiger partial charge on any atom is -0.333 e. The molecule has 1 heterocycles. The van der Waals surface area contributed by atoms with Crippen LogP contribution in [0.25, 0.3) is 0 Å². The summed E-state index contributed by atoms with van der Waals surface area (Å²) in [6, 6.07) is 4.04. The van der Waals surface area contributed by atoms with Crippen LogP contribution in [0, 0.1) is 0 Å². The van der Waals surface area contributed by atoms with E-state index >= 15 is 0 Å². The van der Waals surface area contributed by atoms with E-state index in [9.17, 15) is 4.79 Å². The van der Waals surface area contributed by atoms with E-state index in [1.54, 1.807) is 18.3 Å². The van der Waals surface area contributed by atoms with Crippen LogP contribution in [0.15, 0.2) is 18.3 Å². The van der Waals surface area contributed by atoms with E-state index in [1.807, 2.05) is 18.7 Å². The maximum Gasteiger partial charge on any atom is 0.255 e. The van der Waals surface area contributed by atoms with Crippen molar-refractivity contribution in [1.29, 1.82) is 0 Å². The van der Waals surface area contributed by atoms with Crippen molar-refractivity contribution in [2.24, 2.45) is 0 Å². The Morgan fingerprint density at radius 3 is 2.62 bits per heavy atom. The molecule has 0 N–H and O–H groups in total. The van der Waals surface area contributed by atoms with E-state index in [2.05, 4.69) is 4.98 Å². The van der Waals surface area contributed by atoms with Crippen LogP contribution in [-0.4, -0.2) is 27.9 Å². The van der Waals surface area contributed by atoms with Crippen molar-refractivity contribution in [3.05, 3.63) is 29.0 Å². The highest BCUT2D eigenvalue weighted by Crippen LogP contribution is 2.30. The molecule has 1 fully saturated rings. The second-order valence-corrected chi connectivity index (χ2v) is 4.79. The zero-order valence-electron chi connectivity index (χ0n) is 9.48.